The second kappa shape index (κ2) is 9.55. The van der Waals surface area contributed by atoms with Crippen molar-refractivity contribution in [3.05, 3.63) is 46.7 Å². The first-order chi connectivity index (χ1) is 14.9. The standard InChI is InChI=1S/C20H27N3O5S3/c24-30(25)14-2-1-8-23(30)18-3-5-19(6-4-18)31(26,27)21-15-20(17-7-13-29-16-17)22-9-11-28-12-10-22/h3-7,13,16,20-21H,1-2,8-12,14-15H2/t20-/m0/s1. The van der Waals surface area contributed by atoms with Crippen LogP contribution >= 0.6 is 11.3 Å². The zero-order valence-corrected chi connectivity index (χ0v) is 19.6. The van der Waals surface area contributed by atoms with Crippen molar-refractivity contribution >= 4 is 37.1 Å². The molecule has 8 nitrogen and oxygen atoms in total. The summed E-state index contributed by atoms with van der Waals surface area (Å²) in [6.07, 6.45) is 1.45. The van der Waals surface area contributed by atoms with Crippen molar-refractivity contribution in [2.75, 3.05) is 49.5 Å². The maximum Gasteiger partial charge on any atom is 0.240 e. The van der Waals surface area contributed by atoms with E-state index in [2.05, 4.69) is 9.62 Å². The molecule has 0 unspecified atom stereocenters. The lowest BCUT2D eigenvalue weighted by molar-refractivity contribution is 0.0173. The predicted molar refractivity (Wildman–Crippen MR) is 121 cm³/mol. The molecule has 1 aromatic heterocycles. The molecule has 2 fully saturated rings. The van der Waals surface area contributed by atoms with Gasteiger partial charge < -0.3 is 4.74 Å². The third kappa shape index (κ3) is 5.29. The van der Waals surface area contributed by atoms with Gasteiger partial charge in [0.15, 0.2) is 0 Å². The monoisotopic (exact) mass is 485 g/mol. The summed E-state index contributed by atoms with van der Waals surface area (Å²) in [6, 6.07) is 8.02. The van der Waals surface area contributed by atoms with Crippen LogP contribution in [0.2, 0.25) is 0 Å². The maximum atomic E-state index is 12.9. The van der Waals surface area contributed by atoms with Crippen LogP contribution in [0.3, 0.4) is 0 Å². The average molecular weight is 486 g/mol. The van der Waals surface area contributed by atoms with Crippen LogP contribution in [0.25, 0.3) is 0 Å². The molecule has 1 aromatic carbocycles. The van der Waals surface area contributed by atoms with Gasteiger partial charge in [-0.05, 0) is 59.5 Å². The Kier molecular flexibility index (Phi) is 6.99. The predicted octanol–water partition coefficient (Wildman–Crippen LogP) is 2.03. The van der Waals surface area contributed by atoms with Crippen LogP contribution in [0.1, 0.15) is 24.4 Å². The molecule has 2 saturated heterocycles. The topological polar surface area (TPSA) is 96.0 Å². The number of nitrogens with zero attached hydrogens (tertiary/aromatic N) is 2. The average Bonchev–Trinajstić information content (AvgIpc) is 3.29. The maximum absolute atomic E-state index is 12.9. The van der Waals surface area contributed by atoms with E-state index in [1.54, 1.807) is 23.5 Å². The van der Waals surface area contributed by atoms with Crippen molar-refractivity contribution in [2.24, 2.45) is 0 Å². The van der Waals surface area contributed by atoms with Gasteiger partial charge in [-0.3, -0.25) is 9.21 Å². The molecule has 11 heteroatoms. The minimum atomic E-state index is -3.73. The summed E-state index contributed by atoms with van der Waals surface area (Å²) in [5.41, 5.74) is 1.59. The summed E-state index contributed by atoms with van der Waals surface area (Å²) in [7, 11) is -7.06. The molecular formula is C20H27N3O5S3. The highest BCUT2D eigenvalue weighted by molar-refractivity contribution is 7.92. The van der Waals surface area contributed by atoms with E-state index in [4.69, 9.17) is 4.74 Å². The van der Waals surface area contributed by atoms with Crippen molar-refractivity contribution in [1.29, 1.82) is 0 Å². The Morgan fingerprint density at radius 3 is 2.45 bits per heavy atom. The molecule has 2 aliphatic heterocycles. The zero-order valence-electron chi connectivity index (χ0n) is 17.1. The van der Waals surface area contributed by atoms with Crippen LogP contribution in [0.4, 0.5) is 5.69 Å². The van der Waals surface area contributed by atoms with E-state index in [1.165, 1.54) is 16.4 Å². The van der Waals surface area contributed by atoms with Crippen LogP contribution < -0.4 is 9.03 Å². The van der Waals surface area contributed by atoms with Crippen molar-refractivity contribution in [1.82, 2.24) is 9.62 Å². The molecule has 2 aromatic rings. The number of sulfonamides is 2. The van der Waals surface area contributed by atoms with Gasteiger partial charge in [0.1, 0.15) is 0 Å². The summed E-state index contributed by atoms with van der Waals surface area (Å²) in [5.74, 6) is 0.125. The summed E-state index contributed by atoms with van der Waals surface area (Å²) in [5, 5.41) is 4.03. The Labute approximate surface area is 187 Å². The number of nitrogens with one attached hydrogen (secondary N) is 1. The summed E-state index contributed by atoms with van der Waals surface area (Å²) in [6.45, 7) is 3.45. The number of ether oxygens (including phenoxy) is 1. The summed E-state index contributed by atoms with van der Waals surface area (Å²) in [4.78, 5) is 2.36. The van der Waals surface area contributed by atoms with Gasteiger partial charge >= 0.3 is 0 Å². The number of benzene rings is 1. The lowest BCUT2D eigenvalue weighted by Gasteiger charge is -2.34. The number of hydrogen-bond donors (Lipinski definition) is 1. The van der Waals surface area contributed by atoms with Crippen LogP contribution in [-0.4, -0.2) is 66.9 Å². The molecule has 1 atom stereocenters. The first-order valence-corrected chi connectivity index (χ1v) is 14.3. The molecule has 2 aliphatic rings. The second-order valence-electron chi connectivity index (χ2n) is 7.66. The quantitative estimate of drug-likeness (QED) is 0.645. The SMILES string of the molecule is O=S(=O)(NC[C@@H](c1ccsc1)N1CCOCC1)c1ccc(N2CCCCS2(=O)=O)cc1. The molecule has 0 amide bonds. The fraction of sp³-hybridized carbons (Fsp3) is 0.500. The van der Waals surface area contributed by atoms with Crippen LogP contribution in [-0.2, 0) is 24.8 Å². The van der Waals surface area contributed by atoms with Gasteiger partial charge in [0.2, 0.25) is 20.0 Å². The summed E-state index contributed by atoms with van der Waals surface area (Å²) >= 11 is 1.59. The van der Waals surface area contributed by atoms with Gasteiger partial charge in [-0.25, -0.2) is 21.6 Å². The molecular weight excluding hydrogens is 458 g/mol. The van der Waals surface area contributed by atoms with E-state index in [9.17, 15) is 16.8 Å². The molecule has 0 saturated carbocycles. The normalized spacial score (nSPS) is 21.1. The van der Waals surface area contributed by atoms with Crippen LogP contribution in [0.5, 0.6) is 0 Å². The number of anilines is 1. The Bertz CT molecular complexity index is 1060. The van der Waals surface area contributed by atoms with Gasteiger partial charge in [0.25, 0.3) is 0 Å². The molecule has 4 rings (SSSR count). The smallest absolute Gasteiger partial charge is 0.240 e. The van der Waals surface area contributed by atoms with Crippen molar-refractivity contribution in [3.63, 3.8) is 0 Å². The van der Waals surface area contributed by atoms with E-state index in [-0.39, 0.29) is 23.2 Å². The minimum Gasteiger partial charge on any atom is -0.379 e. The van der Waals surface area contributed by atoms with Crippen molar-refractivity contribution in [2.45, 2.75) is 23.8 Å². The highest BCUT2D eigenvalue weighted by Gasteiger charge is 2.28. The largest absolute Gasteiger partial charge is 0.379 e. The Hall–Kier alpha value is -1.50. The van der Waals surface area contributed by atoms with E-state index in [1.807, 2.05) is 16.8 Å². The van der Waals surface area contributed by atoms with Crippen molar-refractivity contribution in [3.8, 4) is 0 Å². The molecule has 0 radical (unpaired) electrons. The van der Waals surface area contributed by atoms with Crippen LogP contribution in [0, 0.1) is 0 Å². The van der Waals surface area contributed by atoms with Gasteiger partial charge in [0, 0.05) is 32.2 Å². The van der Waals surface area contributed by atoms with Gasteiger partial charge in [-0.1, -0.05) is 0 Å². The van der Waals surface area contributed by atoms with Gasteiger partial charge in [0.05, 0.1) is 29.5 Å². The number of thiophene rings is 1. The fourth-order valence-electron chi connectivity index (χ4n) is 3.95. The van der Waals surface area contributed by atoms with Gasteiger partial charge in [-0.2, -0.15) is 11.3 Å². The minimum absolute atomic E-state index is 0.0670. The van der Waals surface area contributed by atoms with E-state index >= 15 is 0 Å². The molecule has 3 heterocycles. The molecule has 31 heavy (non-hydrogen) atoms. The molecule has 170 valence electrons. The Balaban J connectivity index is 1.47. The first-order valence-electron chi connectivity index (χ1n) is 10.3. The molecule has 1 N–H and O–H groups in total. The molecule has 0 aliphatic carbocycles. The zero-order chi connectivity index (χ0) is 21.9. The second-order valence-corrected chi connectivity index (χ2v) is 12.2. The molecule has 0 bridgehead atoms. The summed E-state index contributed by atoms with van der Waals surface area (Å²) < 4.78 is 60.0. The number of morpholine rings is 1. The van der Waals surface area contributed by atoms with E-state index < -0.39 is 20.0 Å². The third-order valence-electron chi connectivity index (χ3n) is 5.67. The van der Waals surface area contributed by atoms with Gasteiger partial charge in [-0.15, -0.1) is 0 Å². The van der Waals surface area contributed by atoms with E-state index in [0.717, 1.165) is 25.1 Å². The Morgan fingerprint density at radius 2 is 1.81 bits per heavy atom. The van der Waals surface area contributed by atoms with Crippen molar-refractivity contribution < 1.29 is 21.6 Å². The highest BCUT2D eigenvalue weighted by Crippen LogP contribution is 2.26. The Morgan fingerprint density at radius 1 is 1.06 bits per heavy atom. The fourth-order valence-corrected chi connectivity index (χ4v) is 7.34. The first kappa shape index (κ1) is 22.7. The lowest BCUT2D eigenvalue weighted by Crippen LogP contribution is -2.43. The lowest BCUT2D eigenvalue weighted by atomic mass is 10.1. The number of rotatable bonds is 7. The van der Waals surface area contributed by atoms with E-state index in [0.29, 0.717) is 31.9 Å². The number of hydrogen-bond acceptors (Lipinski definition) is 7. The third-order valence-corrected chi connectivity index (χ3v) is 9.68. The highest BCUT2D eigenvalue weighted by atomic mass is 32.2. The molecule has 0 spiro atoms. The van der Waals surface area contributed by atoms with Crippen LogP contribution in [0.15, 0.2) is 46.0 Å².